The maximum atomic E-state index is 11.8. The summed E-state index contributed by atoms with van der Waals surface area (Å²) in [5.74, 6) is -1.48. The lowest BCUT2D eigenvalue weighted by Gasteiger charge is -2.32. The van der Waals surface area contributed by atoms with Crippen molar-refractivity contribution in [2.75, 3.05) is 32.8 Å². The largest absolute Gasteiger partial charge is 0.481 e. The van der Waals surface area contributed by atoms with Gasteiger partial charge in [-0.05, 0) is 6.42 Å². The standard InChI is InChI=1S/C11H20N2O5/c1-2-8(10(15)16)5-12-11(17)13-3-4-18-9(6-13)7-14/h8-9,14H,2-7H2,1H3,(H,12,17)(H,15,16). The van der Waals surface area contributed by atoms with E-state index in [2.05, 4.69) is 5.32 Å². The van der Waals surface area contributed by atoms with Crippen LogP contribution in [0.5, 0.6) is 0 Å². The normalized spacial score (nSPS) is 21.4. The fourth-order valence-corrected chi connectivity index (χ4v) is 1.74. The highest BCUT2D eigenvalue weighted by Crippen LogP contribution is 2.06. The lowest BCUT2D eigenvalue weighted by atomic mass is 10.1. The number of amides is 2. The number of urea groups is 1. The van der Waals surface area contributed by atoms with Crippen molar-refractivity contribution in [1.82, 2.24) is 10.2 Å². The van der Waals surface area contributed by atoms with E-state index in [-0.39, 0.29) is 25.3 Å². The van der Waals surface area contributed by atoms with Gasteiger partial charge >= 0.3 is 12.0 Å². The zero-order valence-electron chi connectivity index (χ0n) is 10.5. The van der Waals surface area contributed by atoms with Crippen LogP contribution < -0.4 is 5.32 Å². The van der Waals surface area contributed by atoms with Gasteiger partial charge in [-0.25, -0.2) is 4.79 Å². The molecule has 1 aliphatic rings. The van der Waals surface area contributed by atoms with Crippen LogP contribution in [0.3, 0.4) is 0 Å². The predicted octanol–water partition coefficient (Wildman–Crippen LogP) is -0.500. The van der Waals surface area contributed by atoms with Crippen LogP contribution >= 0.6 is 0 Å². The highest BCUT2D eigenvalue weighted by atomic mass is 16.5. The van der Waals surface area contributed by atoms with E-state index in [0.717, 1.165) is 0 Å². The molecule has 7 heteroatoms. The Morgan fingerprint density at radius 1 is 1.56 bits per heavy atom. The molecule has 0 aromatic heterocycles. The number of carbonyl (C=O) groups is 2. The van der Waals surface area contributed by atoms with Gasteiger partial charge in [-0.2, -0.15) is 0 Å². The van der Waals surface area contributed by atoms with Gasteiger partial charge < -0.3 is 25.2 Å². The molecule has 104 valence electrons. The Bertz CT molecular complexity index is 297. The van der Waals surface area contributed by atoms with Crippen LogP contribution in [0.1, 0.15) is 13.3 Å². The highest BCUT2D eigenvalue weighted by molar-refractivity contribution is 5.76. The van der Waals surface area contributed by atoms with Gasteiger partial charge in [0.1, 0.15) is 0 Å². The zero-order chi connectivity index (χ0) is 13.5. The number of ether oxygens (including phenoxy) is 1. The third-order valence-corrected chi connectivity index (χ3v) is 2.97. The Balaban J connectivity index is 2.38. The van der Waals surface area contributed by atoms with E-state index in [9.17, 15) is 9.59 Å². The maximum Gasteiger partial charge on any atom is 0.317 e. The van der Waals surface area contributed by atoms with E-state index in [4.69, 9.17) is 14.9 Å². The Hall–Kier alpha value is -1.34. The molecule has 0 radical (unpaired) electrons. The Labute approximate surface area is 106 Å². The summed E-state index contributed by atoms with van der Waals surface area (Å²) in [4.78, 5) is 24.1. The van der Waals surface area contributed by atoms with Gasteiger partial charge in [0.2, 0.25) is 0 Å². The SMILES string of the molecule is CCC(CNC(=O)N1CCOC(CO)C1)C(=O)O. The first-order valence-electron chi connectivity index (χ1n) is 6.06. The monoisotopic (exact) mass is 260 g/mol. The number of hydrogen-bond donors (Lipinski definition) is 3. The molecule has 0 aromatic carbocycles. The molecule has 2 unspecified atom stereocenters. The first-order chi connectivity index (χ1) is 8.58. The molecule has 0 spiro atoms. The molecule has 1 heterocycles. The summed E-state index contributed by atoms with van der Waals surface area (Å²) in [6.45, 7) is 2.91. The molecule has 0 saturated carbocycles. The number of morpholine rings is 1. The average molecular weight is 260 g/mol. The van der Waals surface area contributed by atoms with Crippen molar-refractivity contribution >= 4 is 12.0 Å². The number of aliphatic carboxylic acids is 1. The Morgan fingerprint density at radius 3 is 2.83 bits per heavy atom. The van der Waals surface area contributed by atoms with Gasteiger partial charge in [0, 0.05) is 13.1 Å². The minimum Gasteiger partial charge on any atom is -0.481 e. The van der Waals surface area contributed by atoms with Crippen molar-refractivity contribution in [3.8, 4) is 0 Å². The maximum absolute atomic E-state index is 11.8. The summed E-state index contributed by atoms with van der Waals surface area (Å²) in [5, 5.41) is 20.4. The molecule has 3 N–H and O–H groups in total. The second-order valence-electron chi connectivity index (χ2n) is 4.25. The average Bonchev–Trinajstić information content (AvgIpc) is 2.38. The fraction of sp³-hybridized carbons (Fsp3) is 0.818. The first-order valence-corrected chi connectivity index (χ1v) is 6.06. The van der Waals surface area contributed by atoms with Crippen molar-refractivity contribution in [2.24, 2.45) is 5.92 Å². The number of nitrogens with one attached hydrogen (secondary N) is 1. The van der Waals surface area contributed by atoms with Crippen LogP contribution in [0.2, 0.25) is 0 Å². The second-order valence-corrected chi connectivity index (χ2v) is 4.25. The third kappa shape index (κ3) is 4.15. The molecule has 1 saturated heterocycles. The van der Waals surface area contributed by atoms with E-state index in [1.165, 1.54) is 4.90 Å². The third-order valence-electron chi connectivity index (χ3n) is 2.97. The van der Waals surface area contributed by atoms with Crippen LogP contribution in [-0.2, 0) is 9.53 Å². The van der Waals surface area contributed by atoms with E-state index in [1.54, 1.807) is 6.92 Å². The molecule has 2 amide bonds. The predicted molar refractivity (Wildman–Crippen MR) is 63.2 cm³/mol. The van der Waals surface area contributed by atoms with Gasteiger partial charge in [0.25, 0.3) is 0 Å². The van der Waals surface area contributed by atoms with E-state index >= 15 is 0 Å². The van der Waals surface area contributed by atoms with Gasteiger partial charge in [0.05, 0.1) is 31.8 Å². The van der Waals surface area contributed by atoms with Crippen molar-refractivity contribution in [2.45, 2.75) is 19.4 Å². The number of aliphatic hydroxyl groups is 1. The molecule has 1 rings (SSSR count). The summed E-state index contributed by atoms with van der Waals surface area (Å²) in [6, 6.07) is -0.309. The van der Waals surface area contributed by atoms with Crippen molar-refractivity contribution in [3.05, 3.63) is 0 Å². The van der Waals surface area contributed by atoms with Crippen LogP contribution in [0.25, 0.3) is 0 Å². The Kier molecular flexibility index (Phi) is 5.87. The topological polar surface area (TPSA) is 99.1 Å². The number of rotatable bonds is 5. The molecule has 1 fully saturated rings. The van der Waals surface area contributed by atoms with Crippen LogP contribution in [0, 0.1) is 5.92 Å². The smallest absolute Gasteiger partial charge is 0.317 e. The molecule has 0 bridgehead atoms. The minimum absolute atomic E-state index is 0.117. The quantitative estimate of drug-likeness (QED) is 0.619. The number of aliphatic hydroxyl groups excluding tert-OH is 1. The van der Waals surface area contributed by atoms with Crippen molar-refractivity contribution in [1.29, 1.82) is 0 Å². The zero-order valence-corrected chi connectivity index (χ0v) is 10.5. The van der Waals surface area contributed by atoms with Gasteiger partial charge in [-0.3, -0.25) is 4.79 Å². The summed E-state index contributed by atoms with van der Waals surface area (Å²) >= 11 is 0. The molecule has 0 aliphatic carbocycles. The highest BCUT2D eigenvalue weighted by Gasteiger charge is 2.24. The number of nitrogens with zero attached hydrogens (tertiary/aromatic N) is 1. The number of carboxylic acids is 1. The Morgan fingerprint density at radius 2 is 2.28 bits per heavy atom. The van der Waals surface area contributed by atoms with Crippen LogP contribution in [0.15, 0.2) is 0 Å². The van der Waals surface area contributed by atoms with E-state index in [1.807, 2.05) is 0 Å². The van der Waals surface area contributed by atoms with Crippen molar-refractivity contribution < 1.29 is 24.5 Å². The molecular weight excluding hydrogens is 240 g/mol. The van der Waals surface area contributed by atoms with Crippen LogP contribution in [-0.4, -0.2) is 66.1 Å². The summed E-state index contributed by atoms with van der Waals surface area (Å²) in [5.41, 5.74) is 0. The van der Waals surface area contributed by atoms with Crippen molar-refractivity contribution in [3.63, 3.8) is 0 Å². The molecule has 0 aromatic rings. The van der Waals surface area contributed by atoms with Gasteiger partial charge in [-0.1, -0.05) is 6.92 Å². The number of hydrogen-bond acceptors (Lipinski definition) is 4. The number of carbonyl (C=O) groups excluding carboxylic acids is 1. The summed E-state index contributed by atoms with van der Waals surface area (Å²) in [7, 11) is 0. The van der Waals surface area contributed by atoms with Gasteiger partial charge in [0.15, 0.2) is 0 Å². The number of carboxylic acid groups (broad SMARTS) is 1. The minimum atomic E-state index is -0.909. The lowest BCUT2D eigenvalue weighted by molar-refractivity contribution is -0.141. The van der Waals surface area contributed by atoms with E-state index < -0.39 is 11.9 Å². The molecule has 2 atom stereocenters. The first kappa shape index (κ1) is 14.7. The van der Waals surface area contributed by atoms with Crippen LogP contribution in [0.4, 0.5) is 4.79 Å². The summed E-state index contributed by atoms with van der Waals surface area (Å²) in [6.07, 6.45) is 0.115. The van der Waals surface area contributed by atoms with Gasteiger partial charge in [-0.15, -0.1) is 0 Å². The van der Waals surface area contributed by atoms with E-state index in [0.29, 0.717) is 26.1 Å². The second kappa shape index (κ2) is 7.17. The molecular formula is C11H20N2O5. The summed E-state index contributed by atoms with van der Waals surface area (Å²) < 4.78 is 5.23. The fourth-order valence-electron chi connectivity index (χ4n) is 1.74. The molecule has 7 nitrogen and oxygen atoms in total. The molecule has 18 heavy (non-hydrogen) atoms. The molecule has 1 aliphatic heterocycles. The lowest BCUT2D eigenvalue weighted by Crippen LogP contribution is -2.51.